The van der Waals surface area contributed by atoms with E-state index in [-0.39, 0.29) is 0 Å². The molecule has 3 aromatic rings. The minimum absolute atomic E-state index is 0.302. The van der Waals surface area contributed by atoms with Crippen LogP contribution in [0.2, 0.25) is 0 Å². The third kappa shape index (κ3) is 6.72. The van der Waals surface area contributed by atoms with Crippen LogP contribution < -0.4 is 4.74 Å². The van der Waals surface area contributed by atoms with Gasteiger partial charge in [0, 0.05) is 11.8 Å². The van der Waals surface area contributed by atoms with E-state index in [9.17, 15) is 4.79 Å². The van der Waals surface area contributed by atoms with Crippen LogP contribution in [0.1, 0.15) is 53.8 Å². The number of rotatable bonds is 6. The van der Waals surface area contributed by atoms with Crippen molar-refractivity contribution >= 4 is 27.6 Å². The number of aromatic nitrogens is 3. The molecule has 0 aliphatic heterocycles. The normalized spacial score (nSPS) is 13.3. The molecule has 8 heteroatoms. The Morgan fingerprint density at radius 1 is 1.18 bits per heavy atom. The predicted molar refractivity (Wildman–Crippen MR) is 132 cm³/mol. The van der Waals surface area contributed by atoms with Gasteiger partial charge >= 0.3 is 12.2 Å². The largest absolute Gasteiger partial charge is 0.728 e. The van der Waals surface area contributed by atoms with Crippen molar-refractivity contribution in [3.8, 4) is 23.1 Å². The molecule has 0 spiro atoms. The molecule has 0 saturated carbocycles. The van der Waals surface area contributed by atoms with Crippen LogP contribution in [-0.4, -0.2) is 33.3 Å². The van der Waals surface area contributed by atoms with E-state index >= 15 is 0 Å². The first-order valence-corrected chi connectivity index (χ1v) is 11.8. The summed E-state index contributed by atoms with van der Waals surface area (Å²) in [5.41, 5.74) is 3.26. The average Bonchev–Trinajstić information content (AvgIpc) is 3.19. The summed E-state index contributed by atoms with van der Waals surface area (Å²) in [4.78, 5) is 29.3. The van der Waals surface area contributed by atoms with Gasteiger partial charge in [0.1, 0.15) is 34.7 Å². The van der Waals surface area contributed by atoms with Crippen molar-refractivity contribution in [1.29, 1.82) is 0 Å². The lowest BCUT2D eigenvalue weighted by atomic mass is 9.84. The number of amides is 1. The Morgan fingerprint density at radius 2 is 1.94 bits per heavy atom. The van der Waals surface area contributed by atoms with Gasteiger partial charge in [-0.2, -0.15) is 4.79 Å². The number of nitrogens with zero attached hydrogens (tertiary/aromatic N) is 4. The molecule has 1 aromatic carbocycles. The Morgan fingerprint density at radius 3 is 2.61 bits per heavy atom. The molecule has 3 rings (SSSR count). The molecule has 0 N–H and O–H groups in total. The van der Waals surface area contributed by atoms with Crippen molar-refractivity contribution < 1.29 is 14.3 Å². The van der Waals surface area contributed by atoms with Gasteiger partial charge in [-0.05, 0) is 65.2 Å². The summed E-state index contributed by atoms with van der Waals surface area (Å²) in [6, 6.07) is 8.80. The fourth-order valence-electron chi connectivity index (χ4n) is 3.59. The van der Waals surface area contributed by atoms with Gasteiger partial charge in [0.2, 0.25) is 0 Å². The molecule has 0 bridgehead atoms. The second-order valence-electron chi connectivity index (χ2n) is 9.78. The molecule has 174 valence electrons. The molecule has 1 atom stereocenters. The number of carbonyl (C=O) groups excluding carboxylic acids is 1. The molecule has 0 saturated heterocycles. The fourth-order valence-corrected chi connectivity index (χ4v) is 4.42. The first-order valence-electron chi connectivity index (χ1n) is 11.0. The molecule has 0 radical (unpaired) electrons. The number of hydrogen-bond acceptors (Lipinski definition) is 7. The summed E-state index contributed by atoms with van der Waals surface area (Å²) < 4.78 is 12.5. The van der Waals surface area contributed by atoms with E-state index in [1.807, 2.05) is 52.8 Å². The highest BCUT2D eigenvalue weighted by Crippen LogP contribution is 2.37. The minimum atomic E-state index is -0.649. The Hall–Kier alpha value is -3.05. The second-order valence-corrected chi connectivity index (χ2v) is 10.6. The van der Waals surface area contributed by atoms with Crippen LogP contribution in [0.4, 0.5) is 4.79 Å². The van der Waals surface area contributed by atoms with Crippen LogP contribution in [0.25, 0.3) is 26.3 Å². The first-order chi connectivity index (χ1) is 15.5. The van der Waals surface area contributed by atoms with E-state index in [0.717, 1.165) is 33.7 Å². The number of carbonyl (C=O) groups is 1. The maximum atomic E-state index is 12.1. The molecule has 7 nitrogen and oxygen atoms in total. The zero-order valence-corrected chi connectivity index (χ0v) is 21.1. The standard InChI is InChI=1S/C25H31N4O3S/c1-16(2)12-25(7,13-27-23(30)32-24(4,5)6)14-31-20-9-8-18(22-21(20)28-15-33-22)19-10-11-26-17(3)29-19/h8-11,15-16H,12,14H2,1-7H3/q+1/t25-/m1/s1. The second kappa shape index (κ2) is 9.84. The smallest absolute Gasteiger partial charge is 0.489 e. The van der Waals surface area contributed by atoms with Crippen molar-refractivity contribution in [1.82, 2.24) is 15.0 Å². The quantitative estimate of drug-likeness (QED) is 0.398. The highest BCUT2D eigenvalue weighted by atomic mass is 32.1. The summed E-state index contributed by atoms with van der Waals surface area (Å²) in [6.07, 6.45) is 1.85. The van der Waals surface area contributed by atoms with Crippen LogP contribution in [0, 0.1) is 24.3 Å². The number of ether oxygens (including phenoxy) is 2. The topological polar surface area (TPSA) is 78.6 Å². The van der Waals surface area contributed by atoms with Crippen molar-refractivity contribution in [3.63, 3.8) is 0 Å². The summed E-state index contributed by atoms with van der Waals surface area (Å²) >= 11 is 1.55. The van der Waals surface area contributed by atoms with E-state index in [4.69, 9.17) is 9.47 Å². The highest BCUT2D eigenvalue weighted by molar-refractivity contribution is 7.17. The van der Waals surface area contributed by atoms with Crippen molar-refractivity contribution in [2.75, 3.05) is 6.61 Å². The molecule has 0 aliphatic rings. The molecule has 0 fully saturated rings. The summed E-state index contributed by atoms with van der Waals surface area (Å²) in [5.74, 6) is 1.76. The van der Waals surface area contributed by atoms with Gasteiger partial charge in [-0.15, -0.1) is 11.3 Å². The molecule has 33 heavy (non-hydrogen) atoms. The van der Waals surface area contributed by atoms with Gasteiger partial charge in [0.15, 0.2) is 0 Å². The Kier molecular flexibility index (Phi) is 7.33. The van der Waals surface area contributed by atoms with Crippen LogP contribution in [0.15, 0.2) is 29.9 Å². The zero-order valence-electron chi connectivity index (χ0n) is 20.3. The molecular weight excluding hydrogens is 436 g/mol. The van der Waals surface area contributed by atoms with E-state index in [1.165, 1.54) is 0 Å². The minimum Gasteiger partial charge on any atom is -0.489 e. The highest BCUT2D eigenvalue weighted by Gasteiger charge is 2.34. The lowest BCUT2D eigenvalue weighted by molar-refractivity contribution is 0.0663. The van der Waals surface area contributed by atoms with E-state index in [2.05, 4.69) is 39.7 Å². The number of aryl methyl sites for hydroxylation is 1. The SMILES string of the molecule is Cc1nccc(-c2ccc(OC[C@@](C)(C#[N+]C(=O)OC(C)(C)C)CC(C)C)c3ncsc23)n1. The van der Waals surface area contributed by atoms with Gasteiger partial charge in [-0.3, -0.25) is 0 Å². The Bertz CT molecular complexity index is 1200. The summed E-state index contributed by atoms with van der Waals surface area (Å²) in [5, 5.41) is 0. The third-order valence-corrected chi connectivity index (χ3v) is 5.57. The molecule has 1 amide bonds. The summed E-state index contributed by atoms with van der Waals surface area (Å²) in [6.45, 7) is 13.8. The molecule has 0 unspecified atom stereocenters. The number of thiazole rings is 1. The maximum absolute atomic E-state index is 12.1. The van der Waals surface area contributed by atoms with E-state index < -0.39 is 17.1 Å². The maximum Gasteiger partial charge on any atom is 0.728 e. The monoisotopic (exact) mass is 467 g/mol. The van der Waals surface area contributed by atoms with Gasteiger partial charge in [0.05, 0.1) is 20.7 Å². The fraction of sp³-hybridized carbons (Fsp3) is 0.480. The number of fused-ring (bicyclic) bond motifs is 1. The van der Waals surface area contributed by atoms with Crippen molar-refractivity contribution in [2.24, 2.45) is 11.3 Å². The molecule has 2 aromatic heterocycles. The van der Waals surface area contributed by atoms with E-state index in [1.54, 1.807) is 23.0 Å². The third-order valence-electron chi connectivity index (χ3n) is 4.71. The summed E-state index contributed by atoms with van der Waals surface area (Å²) in [7, 11) is 0. The zero-order chi connectivity index (χ0) is 24.2. The molecule has 2 heterocycles. The number of benzene rings is 1. The van der Waals surface area contributed by atoms with Crippen LogP contribution in [0.5, 0.6) is 5.75 Å². The van der Waals surface area contributed by atoms with Crippen molar-refractivity contribution in [2.45, 2.75) is 60.5 Å². The van der Waals surface area contributed by atoms with Gasteiger partial charge in [0.25, 0.3) is 0 Å². The van der Waals surface area contributed by atoms with Crippen LogP contribution in [-0.2, 0) is 4.74 Å². The Balaban J connectivity index is 1.86. The lowest BCUT2D eigenvalue weighted by Crippen LogP contribution is -2.26. The first kappa shape index (κ1) is 24.6. The lowest BCUT2D eigenvalue weighted by Gasteiger charge is -2.21. The average molecular weight is 468 g/mol. The van der Waals surface area contributed by atoms with Gasteiger partial charge in [-0.25, -0.2) is 15.0 Å². The molecular formula is C25H31N4O3S+. The van der Waals surface area contributed by atoms with Crippen LogP contribution in [0.3, 0.4) is 0 Å². The Labute approximate surface area is 199 Å². The van der Waals surface area contributed by atoms with Crippen LogP contribution >= 0.6 is 11.3 Å². The van der Waals surface area contributed by atoms with Gasteiger partial charge < -0.3 is 9.47 Å². The van der Waals surface area contributed by atoms with E-state index in [0.29, 0.717) is 18.3 Å². The van der Waals surface area contributed by atoms with Gasteiger partial charge in [-0.1, -0.05) is 13.8 Å². The predicted octanol–water partition coefficient (Wildman–Crippen LogP) is 6.76. The number of hydrogen-bond donors (Lipinski definition) is 0. The molecule has 0 aliphatic carbocycles. The van der Waals surface area contributed by atoms with Crippen molar-refractivity contribution in [3.05, 3.63) is 40.6 Å².